The van der Waals surface area contributed by atoms with Gasteiger partial charge in [0.15, 0.2) is 0 Å². The summed E-state index contributed by atoms with van der Waals surface area (Å²) in [6, 6.07) is 0.988. The molecule has 0 heterocycles. The smallest absolute Gasteiger partial charge is 0.0643 e. The van der Waals surface area contributed by atoms with Gasteiger partial charge in [-0.2, -0.15) is 0 Å². The molecule has 8 heteroatoms. The lowest BCUT2D eigenvalue weighted by Crippen LogP contribution is -2.49. The average molecular weight is 412 g/mol. The van der Waals surface area contributed by atoms with E-state index in [4.69, 9.17) is 20.7 Å². The number of nitrogens with two attached hydrogens (primary N) is 1. The summed E-state index contributed by atoms with van der Waals surface area (Å²) in [5, 5.41) is 29.3. The molecule has 0 spiro atoms. The molecule has 0 aromatic rings. The number of nitrogens with one attached hydrogen (secondary N) is 4. The summed E-state index contributed by atoms with van der Waals surface area (Å²) in [6.07, 6.45) is 5.86. The third-order valence-electron chi connectivity index (χ3n) is 4.56. The van der Waals surface area contributed by atoms with Crippen molar-refractivity contribution in [2.45, 2.75) is 64.1 Å². The standard InChI is InChI=1S/C7H16N2.C6H15NO2.C4H11NO.C2H7N.CH4/c1-9-7-5-3-2-4-6(7)8;1-3-6(4-8,5-9)7-2;1-5-3-4-6-2;1-3-2;/h6-7,9H,2-5,8H2,1H3;7-9H,3-5H2,1-2H3;5H,3-4H2,1-2H3;3H,1-2H3;1H4. The highest BCUT2D eigenvalue weighted by Crippen LogP contribution is 2.15. The van der Waals surface area contributed by atoms with Crippen LogP contribution in [0.25, 0.3) is 0 Å². The Bertz CT molecular complexity index is 249. The third kappa shape index (κ3) is 20.4. The topological polar surface area (TPSA) is 124 Å². The first kappa shape index (κ1) is 35.1. The molecule has 0 bridgehead atoms. The van der Waals surface area contributed by atoms with Gasteiger partial charge in [-0.3, -0.25) is 0 Å². The number of ether oxygens (including phenoxy) is 1. The van der Waals surface area contributed by atoms with Crippen LogP contribution in [0.3, 0.4) is 0 Å². The Kier molecular flexibility index (Phi) is 33.5. The second kappa shape index (κ2) is 26.7. The van der Waals surface area contributed by atoms with E-state index in [-0.39, 0.29) is 20.6 Å². The van der Waals surface area contributed by atoms with E-state index in [1.54, 1.807) is 14.2 Å². The van der Waals surface area contributed by atoms with Gasteiger partial charge in [0.05, 0.1) is 25.4 Å². The summed E-state index contributed by atoms with van der Waals surface area (Å²) in [5.41, 5.74) is 5.35. The van der Waals surface area contributed by atoms with Crippen molar-refractivity contribution in [3.05, 3.63) is 0 Å². The number of aliphatic hydroxyl groups is 2. The van der Waals surface area contributed by atoms with Crippen LogP contribution in [-0.4, -0.2) is 96.5 Å². The predicted molar refractivity (Wildman–Crippen MR) is 123 cm³/mol. The van der Waals surface area contributed by atoms with Crippen molar-refractivity contribution in [3.8, 4) is 0 Å². The molecule has 0 amide bonds. The van der Waals surface area contributed by atoms with Crippen LogP contribution < -0.4 is 27.0 Å². The van der Waals surface area contributed by atoms with E-state index in [2.05, 4.69) is 21.3 Å². The summed E-state index contributed by atoms with van der Waals surface area (Å²) in [7, 11) is 11.1. The molecule has 0 radical (unpaired) electrons. The van der Waals surface area contributed by atoms with Crippen LogP contribution in [0.2, 0.25) is 0 Å². The van der Waals surface area contributed by atoms with Crippen molar-refractivity contribution in [1.82, 2.24) is 21.3 Å². The van der Waals surface area contributed by atoms with E-state index in [1.807, 2.05) is 35.1 Å². The molecule has 0 aromatic heterocycles. The lowest BCUT2D eigenvalue weighted by atomic mass is 9.91. The van der Waals surface area contributed by atoms with Crippen LogP contribution in [0.15, 0.2) is 0 Å². The van der Waals surface area contributed by atoms with Gasteiger partial charge >= 0.3 is 0 Å². The van der Waals surface area contributed by atoms with E-state index in [0.29, 0.717) is 12.1 Å². The number of methoxy groups -OCH3 is 1. The number of hydrogen-bond acceptors (Lipinski definition) is 8. The van der Waals surface area contributed by atoms with Crippen LogP contribution in [0.4, 0.5) is 0 Å². The highest BCUT2D eigenvalue weighted by atomic mass is 16.5. The number of rotatable bonds is 8. The first-order valence-corrected chi connectivity index (χ1v) is 9.97. The first-order chi connectivity index (χ1) is 12.9. The Morgan fingerprint density at radius 3 is 1.71 bits per heavy atom. The van der Waals surface area contributed by atoms with Gasteiger partial charge in [0.25, 0.3) is 0 Å². The van der Waals surface area contributed by atoms with Gasteiger partial charge in [0.2, 0.25) is 0 Å². The number of likely N-dealkylation sites (N-methyl/N-ethyl adjacent to an activating group) is 3. The summed E-state index contributed by atoms with van der Waals surface area (Å²) in [4.78, 5) is 0. The average Bonchev–Trinajstić information content (AvgIpc) is 2.70. The SMILES string of the molecule is C.CCC(CO)(CO)NC.CNC.CNC1CCCCC1N.CNCCOC. The quantitative estimate of drug-likeness (QED) is 0.281. The van der Waals surface area contributed by atoms with E-state index in [1.165, 1.54) is 25.7 Å². The second-order valence-electron chi connectivity index (χ2n) is 6.64. The van der Waals surface area contributed by atoms with Gasteiger partial charge in [-0.05, 0) is 54.5 Å². The Balaban J connectivity index is -0.000000144. The Labute approximate surface area is 175 Å². The van der Waals surface area contributed by atoms with Crippen molar-refractivity contribution < 1.29 is 14.9 Å². The van der Waals surface area contributed by atoms with Crippen LogP contribution >= 0.6 is 0 Å². The highest BCUT2D eigenvalue weighted by Gasteiger charge is 2.23. The van der Waals surface area contributed by atoms with Crippen LogP contribution in [0.1, 0.15) is 46.5 Å². The molecule has 1 aliphatic rings. The second-order valence-corrected chi connectivity index (χ2v) is 6.64. The van der Waals surface area contributed by atoms with E-state index in [9.17, 15) is 0 Å². The maximum Gasteiger partial charge on any atom is 0.0643 e. The predicted octanol–water partition coefficient (Wildman–Crippen LogP) is 0.139. The Morgan fingerprint density at radius 2 is 1.54 bits per heavy atom. The maximum absolute atomic E-state index is 8.75. The minimum absolute atomic E-state index is 0. The maximum atomic E-state index is 8.75. The fourth-order valence-electron chi connectivity index (χ4n) is 2.33. The van der Waals surface area contributed by atoms with Crippen molar-refractivity contribution in [1.29, 1.82) is 0 Å². The van der Waals surface area contributed by atoms with Gasteiger partial charge in [-0.1, -0.05) is 27.2 Å². The molecule has 1 rings (SSSR count). The number of aliphatic hydroxyl groups excluding tert-OH is 2. The van der Waals surface area contributed by atoms with Gasteiger partial charge in [-0.25, -0.2) is 0 Å². The summed E-state index contributed by atoms with van der Waals surface area (Å²) < 4.78 is 4.72. The zero-order chi connectivity index (χ0) is 21.6. The number of hydrogen-bond donors (Lipinski definition) is 7. The summed E-state index contributed by atoms with van der Waals surface area (Å²) in [5.74, 6) is 0. The van der Waals surface area contributed by atoms with Crippen LogP contribution in [-0.2, 0) is 4.74 Å². The largest absolute Gasteiger partial charge is 0.394 e. The molecule has 8 N–H and O–H groups in total. The fourth-order valence-corrected chi connectivity index (χ4v) is 2.33. The highest BCUT2D eigenvalue weighted by molar-refractivity contribution is 4.83. The summed E-state index contributed by atoms with van der Waals surface area (Å²) >= 11 is 0. The molecular formula is C20H53N5O3. The molecule has 1 fully saturated rings. The molecule has 0 aromatic carbocycles. The summed E-state index contributed by atoms with van der Waals surface area (Å²) in [6.45, 7) is 3.63. The first-order valence-electron chi connectivity index (χ1n) is 9.97. The monoisotopic (exact) mass is 411 g/mol. The van der Waals surface area contributed by atoms with Crippen molar-refractivity contribution in [2.24, 2.45) is 5.73 Å². The minimum Gasteiger partial charge on any atom is -0.394 e. The van der Waals surface area contributed by atoms with Crippen molar-refractivity contribution in [3.63, 3.8) is 0 Å². The normalized spacial score (nSPS) is 18.2. The Morgan fingerprint density at radius 1 is 1.04 bits per heavy atom. The van der Waals surface area contributed by atoms with Gasteiger partial charge in [0, 0.05) is 25.7 Å². The van der Waals surface area contributed by atoms with Crippen LogP contribution in [0, 0.1) is 0 Å². The molecule has 0 aliphatic heterocycles. The van der Waals surface area contributed by atoms with E-state index >= 15 is 0 Å². The van der Waals surface area contributed by atoms with E-state index < -0.39 is 5.54 Å². The molecule has 2 unspecified atom stereocenters. The third-order valence-corrected chi connectivity index (χ3v) is 4.56. The van der Waals surface area contributed by atoms with Crippen molar-refractivity contribution >= 4 is 0 Å². The fraction of sp³-hybridized carbons (Fsp3) is 1.00. The molecule has 176 valence electrons. The van der Waals surface area contributed by atoms with Gasteiger partial charge < -0.3 is 42.0 Å². The molecule has 8 nitrogen and oxygen atoms in total. The molecule has 1 aliphatic carbocycles. The molecule has 1 saturated carbocycles. The van der Waals surface area contributed by atoms with Crippen molar-refractivity contribution in [2.75, 3.05) is 68.7 Å². The van der Waals surface area contributed by atoms with Crippen LogP contribution in [0.5, 0.6) is 0 Å². The Hall–Kier alpha value is -0.320. The van der Waals surface area contributed by atoms with E-state index in [0.717, 1.165) is 19.6 Å². The van der Waals surface area contributed by atoms with Gasteiger partial charge in [0.1, 0.15) is 0 Å². The minimum atomic E-state index is -0.472. The lowest BCUT2D eigenvalue weighted by Gasteiger charge is -2.27. The molecule has 2 atom stereocenters. The molecular weight excluding hydrogens is 358 g/mol. The zero-order valence-corrected chi connectivity index (χ0v) is 18.9. The lowest BCUT2D eigenvalue weighted by molar-refractivity contribution is 0.0942. The molecule has 0 saturated heterocycles. The van der Waals surface area contributed by atoms with Gasteiger partial charge in [-0.15, -0.1) is 0 Å². The zero-order valence-electron chi connectivity index (χ0n) is 18.9. The molecule has 28 heavy (non-hydrogen) atoms.